The van der Waals surface area contributed by atoms with Crippen LogP contribution in [0.4, 0.5) is 0 Å². The summed E-state index contributed by atoms with van der Waals surface area (Å²) in [5, 5.41) is 0. The molecular formula is C16H20O. The van der Waals surface area contributed by atoms with Crippen LogP contribution in [0.3, 0.4) is 0 Å². The molecule has 1 heteroatoms. The van der Waals surface area contributed by atoms with Gasteiger partial charge in [0.15, 0.2) is 5.78 Å². The Morgan fingerprint density at radius 2 is 1.76 bits per heavy atom. The molecule has 0 heterocycles. The maximum atomic E-state index is 12.1. The summed E-state index contributed by atoms with van der Waals surface area (Å²) in [5.41, 5.74) is 2.23. The highest BCUT2D eigenvalue weighted by Gasteiger charge is 2.19. The minimum Gasteiger partial charge on any atom is -0.295 e. The van der Waals surface area contributed by atoms with Gasteiger partial charge in [-0.05, 0) is 37.0 Å². The number of carbonyl (C=O) groups excluding carboxylic acids is 1. The molecule has 1 saturated carbocycles. The first-order valence-electron chi connectivity index (χ1n) is 6.55. The predicted octanol–water partition coefficient (Wildman–Crippen LogP) is 4.24. The van der Waals surface area contributed by atoms with Crippen LogP contribution in [-0.4, -0.2) is 5.78 Å². The Hall–Kier alpha value is -1.37. The van der Waals surface area contributed by atoms with Gasteiger partial charge in [-0.1, -0.05) is 49.6 Å². The van der Waals surface area contributed by atoms with Crippen molar-refractivity contribution in [1.29, 1.82) is 0 Å². The lowest BCUT2D eigenvalue weighted by Gasteiger charge is -2.19. The van der Waals surface area contributed by atoms with Crippen molar-refractivity contribution < 1.29 is 4.79 Å². The molecule has 1 fully saturated rings. The van der Waals surface area contributed by atoms with Crippen LogP contribution in [0.2, 0.25) is 0 Å². The summed E-state index contributed by atoms with van der Waals surface area (Å²) in [6.45, 7) is 2.02. The first-order valence-corrected chi connectivity index (χ1v) is 6.55. The third-order valence-corrected chi connectivity index (χ3v) is 3.60. The molecule has 0 aliphatic heterocycles. The van der Waals surface area contributed by atoms with Crippen molar-refractivity contribution in [2.24, 2.45) is 5.92 Å². The minimum absolute atomic E-state index is 0.280. The predicted molar refractivity (Wildman–Crippen MR) is 71.7 cm³/mol. The van der Waals surface area contributed by atoms with Gasteiger partial charge in [-0.15, -0.1) is 0 Å². The van der Waals surface area contributed by atoms with Gasteiger partial charge in [0.25, 0.3) is 0 Å². The molecule has 0 aromatic heterocycles. The zero-order valence-electron chi connectivity index (χ0n) is 10.5. The number of benzene rings is 1. The molecule has 0 amide bonds. The smallest absolute Gasteiger partial charge is 0.159 e. The van der Waals surface area contributed by atoms with Crippen molar-refractivity contribution in [2.45, 2.75) is 39.0 Å². The maximum absolute atomic E-state index is 12.1. The van der Waals surface area contributed by atoms with E-state index in [1.54, 1.807) is 0 Å². The topological polar surface area (TPSA) is 17.1 Å². The molecule has 0 saturated heterocycles. The molecule has 0 unspecified atom stereocenters. The molecule has 1 aromatic carbocycles. The van der Waals surface area contributed by atoms with Crippen LogP contribution < -0.4 is 0 Å². The Kier molecular flexibility index (Phi) is 4.13. The number of hydrogen-bond acceptors (Lipinski definition) is 1. The summed E-state index contributed by atoms with van der Waals surface area (Å²) in [5.74, 6) is 0.605. The van der Waals surface area contributed by atoms with Crippen LogP contribution in [0.25, 0.3) is 5.57 Å². The van der Waals surface area contributed by atoms with E-state index in [1.165, 1.54) is 19.3 Å². The molecule has 0 N–H and O–H groups in total. The van der Waals surface area contributed by atoms with Crippen molar-refractivity contribution in [2.75, 3.05) is 0 Å². The van der Waals surface area contributed by atoms with Crippen molar-refractivity contribution in [3.8, 4) is 0 Å². The Morgan fingerprint density at radius 1 is 1.12 bits per heavy atom. The Labute approximate surface area is 104 Å². The maximum Gasteiger partial charge on any atom is 0.159 e. The minimum atomic E-state index is 0.280. The van der Waals surface area contributed by atoms with E-state index in [2.05, 4.69) is 12.1 Å². The summed E-state index contributed by atoms with van der Waals surface area (Å²) in [4.78, 5) is 12.1. The summed E-state index contributed by atoms with van der Waals surface area (Å²) >= 11 is 0. The second-order valence-corrected chi connectivity index (χ2v) is 4.93. The first kappa shape index (κ1) is 12.1. The molecule has 0 spiro atoms. The molecule has 1 aliphatic carbocycles. The lowest BCUT2D eigenvalue weighted by Crippen LogP contribution is -2.15. The van der Waals surface area contributed by atoms with Gasteiger partial charge in [-0.25, -0.2) is 0 Å². The summed E-state index contributed by atoms with van der Waals surface area (Å²) in [6.07, 6.45) is 7.73. The second-order valence-electron chi connectivity index (χ2n) is 4.93. The lowest BCUT2D eigenvalue weighted by molar-refractivity contribution is -0.119. The highest BCUT2D eigenvalue weighted by Crippen LogP contribution is 2.25. The van der Waals surface area contributed by atoms with Gasteiger partial charge in [0.1, 0.15) is 0 Å². The average Bonchev–Trinajstić information content (AvgIpc) is 2.40. The van der Waals surface area contributed by atoms with E-state index in [0.717, 1.165) is 24.0 Å². The van der Waals surface area contributed by atoms with E-state index in [1.807, 2.05) is 31.2 Å². The van der Waals surface area contributed by atoms with Gasteiger partial charge >= 0.3 is 0 Å². The Balaban J connectivity index is 2.05. The summed E-state index contributed by atoms with van der Waals surface area (Å²) in [6, 6.07) is 10.1. The highest BCUT2D eigenvalue weighted by atomic mass is 16.1. The lowest BCUT2D eigenvalue weighted by atomic mass is 9.85. The van der Waals surface area contributed by atoms with Crippen molar-refractivity contribution in [3.63, 3.8) is 0 Å². The fourth-order valence-corrected chi connectivity index (χ4v) is 2.50. The van der Waals surface area contributed by atoms with Gasteiger partial charge in [0.2, 0.25) is 0 Å². The monoisotopic (exact) mass is 228 g/mol. The summed E-state index contributed by atoms with van der Waals surface area (Å²) in [7, 11) is 0. The van der Waals surface area contributed by atoms with Crippen LogP contribution >= 0.6 is 0 Å². The van der Waals surface area contributed by atoms with E-state index in [-0.39, 0.29) is 5.92 Å². The fraction of sp³-hybridized carbons (Fsp3) is 0.438. The number of ketones is 1. The molecule has 1 aliphatic rings. The van der Waals surface area contributed by atoms with Crippen LogP contribution in [0.1, 0.15) is 44.6 Å². The molecule has 17 heavy (non-hydrogen) atoms. The largest absolute Gasteiger partial charge is 0.295 e. The van der Waals surface area contributed by atoms with E-state index < -0.39 is 0 Å². The third kappa shape index (κ3) is 3.29. The van der Waals surface area contributed by atoms with Gasteiger partial charge in [-0.2, -0.15) is 0 Å². The van der Waals surface area contributed by atoms with Crippen molar-refractivity contribution in [3.05, 3.63) is 42.0 Å². The highest BCUT2D eigenvalue weighted by molar-refractivity contribution is 5.98. The van der Waals surface area contributed by atoms with E-state index in [0.29, 0.717) is 5.78 Å². The van der Waals surface area contributed by atoms with E-state index in [9.17, 15) is 4.79 Å². The van der Waals surface area contributed by atoms with Crippen LogP contribution in [0.15, 0.2) is 36.4 Å². The molecule has 90 valence electrons. The molecular weight excluding hydrogens is 208 g/mol. The zero-order valence-corrected chi connectivity index (χ0v) is 10.5. The SMILES string of the molecule is CC(=CC(=O)C1CCCCC1)c1ccccc1. The van der Waals surface area contributed by atoms with Crippen LogP contribution in [0, 0.1) is 5.92 Å². The number of carbonyl (C=O) groups is 1. The van der Waals surface area contributed by atoms with Gasteiger partial charge in [0.05, 0.1) is 0 Å². The first-order chi connectivity index (χ1) is 8.27. The van der Waals surface area contributed by atoms with Crippen molar-refractivity contribution in [1.82, 2.24) is 0 Å². The van der Waals surface area contributed by atoms with Crippen LogP contribution in [0.5, 0.6) is 0 Å². The normalized spacial score (nSPS) is 18.1. The zero-order chi connectivity index (χ0) is 12.1. The number of allylic oxidation sites excluding steroid dienone is 2. The quantitative estimate of drug-likeness (QED) is 0.707. The van der Waals surface area contributed by atoms with Crippen LogP contribution in [-0.2, 0) is 4.79 Å². The number of rotatable bonds is 3. The van der Waals surface area contributed by atoms with Gasteiger partial charge < -0.3 is 0 Å². The molecule has 2 rings (SSSR count). The van der Waals surface area contributed by atoms with Gasteiger partial charge in [0, 0.05) is 5.92 Å². The van der Waals surface area contributed by atoms with Crippen molar-refractivity contribution >= 4 is 11.4 Å². The summed E-state index contributed by atoms with van der Waals surface area (Å²) < 4.78 is 0. The molecule has 0 bridgehead atoms. The molecule has 1 nitrogen and oxygen atoms in total. The number of hydrogen-bond donors (Lipinski definition) is 0. The standard InChI is InChI=1S/C16H20O/c1-13(14-8-4-2-5-9-14)12-16(17)15-10-6-3-7-11-15/h2,4-5,8-9,12,15H,3,6-7,10-11H2,1H3. The Morgan fingerprint density at radius 3 is 2.41 bits per heavy atom. The average molecular weight is 228 g/mol. The second kappa shape index (κ2) is 5.81. The third-order valence-electron chi connectivity index (χ3n) is 3.60. The van der Waals surface area contributed by atoms with Gasteiger partial charge in [-0.3, -0.25) is 4.79 Å². The van der Waals surface area contributed by atoms with E-state index in [4.69, 9.17) is 0 Å². The Bertz CT molecular complexity index is 397. The fourth-order valence-electron chi connectivity index (χ4n) is 2.50. The molecule has 1 aromatic rings. The molecule has 0 radical (unpaired) electrons. The van der Waals surface area contributed by atoms with E-state index >= 15 is 0 Å². The molecule has 0 atom stereocenters.